The molecule has 1 amide bonds. The first kappa shape index (κ1) is 31.1. The topological polar surface area (TPSA) is 129 Å². The number of sulfonamides is 1. The number of aliphatic hydroxyl groups is 1. The molecule has 0 spiro atoms. The molecule has 10 heteroatoms. The van der Waals surface area contributed by atoms with E-state index in [-0.39, 0.29) is 36.7 Å². The number of amides is 1. The maximum absolute atomic E-state index is 13.7. The molecule has 0 bridgehead atoms. The standard InChI is InChI=1S/C28H39N3O6S/c1-21(10-9-17-29)19-31(38(34,35)24-15-13-23(36-5)14-16-24)20-26(32)25(18-22-11-7-6-8-12-22)30-27(33)37-28(2,3)4/h6-8,11-16,21,25-26,32H,9-10,18-20H2,1-5H3,(H,30,33)/t21?,25-,26?/m0/s1. The van der Waals surface area contributed by atoms with Crippen molar-refractivity contribution >= 4 is 16.1 Å². The molecule has 2 unspecified atom stereocenters. The fraction of sp³-hybridized carbons (Fsp3) is 0.500. The number of carbonyl (C=O) groups is 1. The lowest BCUT2D eigenvalue weighted by atomic mass is 10.0. The van der Waals surface area contributed by atoms with E-state index in [1.54, 1.807) is 32.9 Å². The second kappa shape index (κ2) is 14.1. The van der Waals surface area contributed by atoms with Crippen LogP contribution in [0.15, 0.2) is 59.5 Å². The summed E-state index contributed by atoms with van der Waals surface area (Å²) >= 11 is 0. The first-order valence-electron chi connectivity index (χ1n) is 12.6. The Kier molecular flexibility index (Phi) is 11.6. The van der Waals surface area contributed by atoms with Crippen LogP contribution < -0.4 is 10.1 Å². The van der Waals surface area contributed by atoms with Gasteiger partial charge in [-0.1, -0.05) is 37.3 Å². The predicted octanol–water partition coefficient (Wildman–Crippen LogP) is 4.12. The quantitative estimate of drug-likeness (QED) is 0.387. The number of carbonyl (C=O) groups excluding carboxylic acids is 1. The van der Waals surface area contributed by atoms with Crippen LogP contribution in [-0.2, 0) is 21.2 Å². The molecule has 208 valence electrons. The molecule has 9 nitrogen and oxygen atoms in total. The minimum atomic E-state index is -4.01. The van der Waals surface area contributed by atoms with E-state index in [9.17, 15) is 18.3 Å². The Labute approximate surface area is 226 Å². The van der Waals surface area contributed by atoms with Crippen molar-refractivity contribution in [3.8, 4) is 11.8 Å². The van der Waals surface area contributed by atoms with Gasteiger partial charge in [-0.15, -0.1) is 0 Å². The summed E-state index contributed by atoms with van der Waals surface area (Å²) in [5.74, 6) is 0.378. The summed E-state index contributed by atoms with van der Waals surface area (Å²) in [4.78, 5) is 12.7. The Morgan fingerprint density at radius 2 is 1.74 bits per heavy atom. The van der Waals surface area contributed by atoms with Gasteiger partial charge in [0.15, 0.2) is 0 Å². The SMILES string of the molecule is COc1ccc(S(=O)(=O)N(CC(C)CCC#N)CC(O)[C@H](Cc2ccccc2)NC(=O)OC(C)(C)C)cc1. The maximum atomic E-state index is 13.7. The molecule has 0 aliphatic rings. The predicted molar refractivity (Wildman–Crippen MR) is 145 cm³/mol. The van der Waals surface area contributed by atoms with Gasteiger partial charge in [0, 0.05) is 19.5 Å². The van der Waals surface area contributed by atoms with Crippen molar-refractivity contribution in [2.75, 3.05) is 20.2 Å². The normalized spacial score (nSPS) is 14.3. The Hall–Kier alpha value is -3.13. The highest BCUT2D eigenvalue weighted by Gasteiger charge is 2.32. The zero-order chi connectivity index (χ0) is 28.3. The Bertz CT molecular complexity index is 1160. The van der Waals surface area contributed by atoms with Gasteiger partial charge in [-0.25, -0.2) is 13.2 Å². The molecular weight excluding hydrogens is 506 g/mol. The number of aliphatic hydroxyl groups excluding tert-OH is 1. The molecule has 2 rings (SSSR count). The van der Waals surface area contributed by atoms with Gasteiger partial charge in [0.2, 0.25) is 10.0 Å². The summed E-state index contributed by atoms with van der Waals surface area (Å²) in [6, 6.07) is 16.6. The second-order valence-corrected chi connectivity index (χ2v) is 12.2. The third-order valence-corrected chi connectivity index (χ3v) is 7.66. The molecule has 2 aromatic carbocycles. The molecule has 3 atom stereocenters. The van der Waals surface area contributed by atoms with Gasteiger partial charge in [-0.2, -0.15) is 9.57 Å². The number of ether oxygens (including phenoxy) is 2. The lowest BCUT2D eigenvalue weighted by Crippen LogP contribution is -2.52. The number of nitrogens with one attached hydrogen (secondary N) is 1. The van der Waals surface area contributed by atoms with Crippen molar-refractivity contribution in [1.29, 1.82) is 5.26 Å². The fourth-order valence-corrected chi connectivity index (χ4v) is 5.44. The van der Waals surface area contributed by atoms with Crippen LogP contribution in [0.3, 0.4) is 0 Å². The molecule has 0 aliphatic carbocycles. The molecule has 2 aromatic rings. The molecule has 0 heterocycles. The smallest absolute Gasteiger partial charge is 0.407 e. The number of benzene rings is 2. The van der Waals surface area contributed by atoms with Crippen molar-refractivity contribution < 1.29 is 27.8 Å². The van der Waals surface area contributed by atoms with Crippen molar-refractivity contribution in [1.82, 2.24) is 9.62 Å². The largest absolute Gasteiger partial charge is 0.497 e. The highest BCUT2D eigenvalue weighted by Crippen LogP contribution is 2.23. The van der Waals surface area contributed by atoms with Crippen LogP contribution in [0.25, 0.3) is 0 Å². The minimum absolute atomic E-state index is 0.0534. The Morgan fingerprint density at radius 3 is 2.29 bits per heavy atom. The number of hydrogen-bond donors (Lipinski definition) is 2. The van der Waals surface area contributed by atoms with Crippen LogP contribution in [0.1, 0.15) is 46.1 Å². The molecule has 38 heavy (non-hydrogen) atoms. The van der Waals surface area contributed by atoms with Crippen LogP contribution in [-0.4, -0.2) is 61.9 Å². The van der Waals surface area contributed by atoms with E-state index in [2.05, 4.69) is 11.4 Å². The van der Waals surface area contributed by atoms with E-state index >= 15 is 0 Å². The Balaban J connectivity index is 2.36. The monoisotopic (exact) mass is 545 g/mol. The van der Waals surface area contributed by atoms with E-state index in [4.69, 9.17) is 14.7 Å². The van der Waals surface area contributed by atoms with Crippen molar-refractivity contribution in [3.05, 3.63) is 60.2 Å². The summed E-state index contributed by atoms with van der Waals surface area (Å²) in [5.41, 5.74) is 0.117. The number of methoxy groups -OCH3 is 1. The lowest BCUT2D eigenvalue weighted by molar-refractivity contribution is 0.0399. The van der Waals surface area contributed by atoms with Crippen LogP contribution in [0, 0.1) is 17.2 Å². The number of rotatable bonds is 13. The average Bonchev–Trinajstić information content (AvgIpc) is 2.86. The van der Waals surface area contributed by atoms with Gasteiger partial charge in [-0.05, 0) is 69.4 Å². The van der Waals surface area contributed by atoms with Gasteiger partial charge in [-0.3, -0.25) is 0 Å². The van der Waals surface area contributed by atoms with E-state index in [1.165, 1.54) is 23.5 Å². The van der Waals surface area contributed by atoms with Crippen LogP contribution >= 0.6 is 0 Å². The van der Waals surface area contributed by atoms with Crippen LogP contribution in [0.2, 0.25) is 0 Å². The minimum Gasteiger partial charge on any atom is -0.497 e. The van der Waals surface area contributed by atoms with Crippen LogP contribution in [0.5, 0.6) is 5.75 Å². The highest BCUT2D eigenvalue weighted by molar-refractivity contribution is 7.89. The first-order valence-corrected chi connectivity index (χ1v) is 14.0. The zero-order valence-corrected chi connectivity index (χ0v) is 23.6. The molecule has 0 fully saturated rings. The van der Waals surface area contributed by atoms with Crippen LogP contribution in [0.4, 0.5) is 4.79 Å². The number of hydrogen-bond acceptors (Lipinski definition) is 7. The first-order chi connectivity index (χ1) is 17.9. The molecule has 2 N–H and O–H groups in total. The van der Waals surface area contributed by atoms with Crippen molar-refractivity contribution in [2.45, 2.75) is 69.6 Å². The summed E-state index contributed by atoms with van der Waals surface area (Å²) in [5, 5.41) is 23.0. The molecule has 0 aliphatic heterocycles. The lowest BCUT2D eigenvalue weighted by Gasteiger charge is -2.31. The van der Waals surface area contributed by atoms with Gasteiger partial charge >= 0.3 is 6.09 Å². The summed E-state index contributed by atoms with van der Waals surface area (Å²) in [6.45, 7) is 6.90. The second-order valence-electron chi connectivity index (χ2n) is 10.3. The maximum Gasteiger partial charge on any atom is 0.407 e. The molecule has 0 radical (unpaired) electrons. The molecular formula is C28H39N3O6S. The van der Waals surface area contributed by atoms with Gasteiger partial charge < -0.3 is 19.9 Å². The fourth-order valence-electron chi connectivity index (χ4n) is 3.86. The van der Waals surface area contributed by atoms with Crippen molar-refractivity contribution in [3.63, 3.8) is 0 Å². The zero-order valence-electron chi connectivity index (χ0n) is 22.8. The third-order valence-electron chi connectivity index (χ3n) is 5.82. The van der Waals surface area contributed by atoms with Crippen molar-refractivity contribution in [2.24, 2.45) is 5.92 Å². The third kappa shape index (κ3) is 9.97. The summed E-state index contributed by atoms with van der Waals surface area (Å²) < 4.78 is 39.1. The molecule has 0 aromatic heterocycles. The Morgan fingerprint density at radius 1 is 1.11 bits per heavy atom. The molecule has 0 saturated carbocycles. The van der Waals surface area contributed by atoms with Gasteiger partial charge in [0.1, 0.15) is 11.4 Å². The van der Waals surface area contributed by atoms with E-state index in [0.717, 1.165) is 5.56 Å². The average molecular weight is 546 g/mol. The summed E-state index contributed by atoms with van der Waals surface area (Å²) in [7, 11) is -2.52. The number of alkyl carbamates (subject to hydrolysis) is 1. The van der Waals surface area contributed by atoms with E-state index in [1.807, 2.05) is 37.3 Å². The number of nitrogens with zero attached hydrogens (tertiary/aromatic N) is 2. The number of nitriles is 1. The highest BCUT2D eigenvalue weighted by atomic mass is 32.2. The molecule has 0 saturated heterocycles. The summed E-state index contributed by atoms with van der Waals surface area (Å²) in [6.07, 6.45) is -0.896. The van der Waals surface area contributed by atoms with Gasteiger partial charge in [0.25, 0.3) is 0 Å². The van der Waals surface area contributed by atoms with E-state index < -0.39 is 33.9 Å². The van der Waals surface area contributed by atoms with E-state index in [0.29, 0.717) is 12.2 Å². The van der Waals surface area contributed by atoms with Gasteiger partial charge in [0.05, 0.1) is 30.2 Å².